The standard InChI is InChI=1S/C9H12N2O/c1-7(10-2)9-5-4-8(12-3)6-11-9/h4-7H,2H2,1,3H3. The number of ether oxygens (including phenoxy) is 1. The second-order valence-electron chi connectivity index (χ2n) is 2.48. The normalized spacial score (nSPS) is 12.2. The van der Waals surface area contributed by atoms with Crippen LogP contribution < -0.4 is 4.74 Å². The monoisotopic (exact) mass is 164 g/mol. The predicted octanol–water partition coefficient (Wildman–Crippen LogP) is 1.85. The molecule has 1 heterocycles. The Bertz CT molecular complexity index is 256. The zero-order valence-electron chi connectivity index (χ0n) is 7.32. The Kier molecular flexibility index (Phi) is 2.80. The Morgan fingerprint density at radius 3 is 2.75 bits per heavy atom. The highest BCUT2D eigenvalue weighted by Crippen LogP contribution is 2.15. The van der Waals surface area contributed by atoms with E-state index in [4.69, 9.17) is 4.74 Å². The zero-order chi connectivity index (χ0) is 8.97. The molecule has 0 aliphatic rings. The predicted molar refractivity (Wildman–Crippen MR) is 48.8 cm³/mol. The Labute approximate surface area is 72.1 Å². The van der Waals surface area contributed by atoms with Gasteiger partial charge in [-0.25, -0.2) is 0 Å². The number of hydrogen-bond donors (Lipinski definition) is 0. The molecule has 0 bridgehead atoms. The van der Waals surface area contributed by atoms with Gasteiger partial charge in [0.05, 0.1) is 25.0 Å². The van der Waals surface area contributed by atoms with Crippen molar-refractivity contribution < 1.29 is 4.74 Å². The molecular weight excluding hydrogens is 152 g/mol. The zero-order valence-corrected chi connectivity index (χ0v) is 7.32. The van der Waals surface area contributed by atoms with Crippen molar-refractivity contribution in [3.63, 3.8) is 0 Å². The van der Waals surface area contributed by atoms with Crippen LogP contribution in [-0.4, -0.2) is 18.8 Å². The first kappa shape index (κ1) is 8.71. The van der Waals surface area contributed by atoms with Crippen molar-refractivity contribution in [2.75, 3.05) is 7.11 Å². The van der Waals surface area contributed by atoms with Crippen LogP contribution in [0.4, 0.5) is 0 Å². The topological polar surface area (TPSA) is 34.5 Å². The summed E-state index contributed by atoms with van der Waals surface area (Å²) in [4.78, 5) is 8.02. The van der Waals surface area contributed by atoms with Crippen molar-refractivity contribution in [1.29, 1.82) is 0 Å². The van der Waals surface area contributed by atoms with Crippen molar-refractivity contribution in [3.8, 4) is 5.75 Å². The number of aromatic nitrogens is 1. The van der Waals surface area contributed by atoms with Crippen LogP contribution in [0.5, 0.6) is 5.75 Å². The minimum Gasteiger partial charge on any atom is -0.495 e. The van der Waals surface area contributed by atoms with Crippen LogP contribution in [0.3, 0.4) is 0 Å². The third-order valence-electron chi connectivity index (χ3n) is 1.70. The van der Waals surface area contributed by atoms with Crippen LogP contribution in [0.15, 0.2) is 23.3 Å². The fourth-order valence-corrected chi connectivity index (χ4v) is 0.853. The molecule has 0 N–H and O–H groups in total. The van der Waals surface area contributed by atoms with Gasteiger partial charge in [-0.15, -0.1) is 0 Å². The van der Waals surface area contributed by atoms with E-state index in [2.05, 4.69) is 16.7 Å². The first-order valence-electron chi connectivity index (χ1n) is 3.73. The fraction of sp³-hybridized carbons (Fsp3) is 0.333. The van der Waals surface area contributed by atoms with E-state index < -0.39 is 0 Å². The van der Waals surface area contributed by atoms with Gasteiger partial charge in [-0.05, 0) is 25.8 Å². The van der Waals surface area contributed by atoms with Crippen LogP contribution in [0, 0.1) is 0 Å². The molecule has 1 unspecified atom stereocenters. The fourth-order valence-electron chi connectivity index (χ4n) is 0.853. The molecule has 3 nitrogen and oxygen atoms in total. The maximum atomic E-state index is 4.97. The SMILES string of the molecule is C=NC(C)c1ccc(OC)cn1. The summed E-state index contributed by atoms with van der Waals surface area (Å²) in [5, 5.41) is 0. The molecule has 0 aliphatic heterocycles. The molecule has 1 aromatic heterocycles. The minimum atomic E-state index is 0.0518. The summed E-state index contributed by atoms with van der Waals surface area (Å²) in [6, 6.07) is 3.80. The van der Waals surface area contributed by atoms with Gasteiger partial charge in [0.25, 0.3) is 0 Å². The lowest BCUT2D eigenvalue weighted by atomic mass is 10.2. The molecule has 64 valence electrons. The van der Waals surface area contributed by atoms with Gasteiger partial charge in [0, 0.05) is 0 Å². The van der Waals surface area contributed by atoms with Crippen LogP contribution in [0.2, 0.25) is 0 Å². The quantitative estimate of drug-likeness (QED) is 0.639. The molecule has 1 rings (SSSR count). The van der Waals surface area contributed by atoms with Gasteiger partial charge in [0.1, 0.15) is 5.75 Å². The lowest BCUT2D eigenvalue weighted by Crippen LogP contribution is -1.93. The smallest absolute Gasteiger partial charge is 0.137 e. The Morgan fingerprint density at radius 2 is 2.33 bits per heavy atom. The van der Waals surface area contributed by atoms with Crippen LogP contribution in [0.1, 0.15) is 18.7 Å². The second-order valence-corrected chi connectivity index (χ2v) is 2.48. The number of pyridine rings is 1. The largest absolute Gasteiger partial charge is 0.495 e. The Morgan fingerprint density at radius 1 is 1.58 bits per heavy atom. The molecule has 0 spiro atoms. The van der Waals surface area contributed by atoms with Crippen molar-refractivity contribution >= 4 is 6.72 Å². The first-order chi connectivity index (χ1) is 5.77. The maximum absolute atomic E-state index is 4.97. The summed E-state index contributed by atoms with van der Waals surface area (Å²) in [6.45, 7) is 5.40. The highest BCUT2D eigenvalue weighted by molar-refractivity contribution is 5.27. The lowest BCUT2D eigenvalue weighted by molar-refractivity contribution is 0.412. The molecule has 0 saturated heterocycles. The molecule has 0 radical (unpaired) electrons. The molecular formula is C9H12N2O. The van der Waals surface area contributed by atoms with Crippen LogP contribution in [-0.2, 0) is 0 Å². The van der Waals surface area contributed by atoms with E-state index in [0.717, 1.165) is 11.4 Å². The lowest BCUT2D eigenvalue weighted by Gasteiger charge is -2.04. The van der Waals surface area contributed by atoms with Crippen molar-refractivity contribution in [2.45, 2.75) is 13.0 Å². The summed E-state index contributed by atoms with van der Waals surface area (Å²) in [6.07, 6.45) is 1.68. The molecule has 1 aromatic rings. The molecule has 0 amide bonds. The van der Waals surface area contributed by atoms with Gasteiger partial charge in [-0.1, -0.05) is 0 Å². The van der Waals surface area contributed by atoms with Gasteiger partial charge in [-0.2, -0.15) is 0 Å². The molecule has 0 aromatic carbocycles. The highest BCUT2D eigenvalue weighted by atomic mass is 16.5. The van der Waals surface area contributed by atoms with E-state index in [0.29, 0.717) is 0 Å². The van der Waals surface area contributed by atoms with Gasteiger partial charge in [-0.3, -0.25) is 9.98 Å². The summed E-state index contributed by atoms with van der Waals surface area (Å²) >= 11 is 0. The molecule has 0 fully saturated rings. The van der Waals surface area contributed by atoms with Crippen molar-refractivity contribution in [1.82, 2.24) is 4.98 Å². The van der Waals surface area contributed by atoms with E-state index in [1.165, 1.54) is 0 Å². The van der Waals surface area contributed by atoms with Crippen molar-refractivity contribution in [2.24, 2.45) is 4.99 Å². The molecule has 12 heavy (non-hydrogen) atoms. The Balaban J connectivity index is 2.84. The molecule has 3 heteroatoms. The average molecular weight is 164 g/mol. The highest BCUT2D eigenvalue weighted by Gasteiger charge is 2.02. The Hall–Kier alpha value is -1.38. The van der Waals surface area contributed by atoms with Gasteiger partial charge in [0.2, 0.25) is 0 Å². The van der Waals surface area contributed by atoms with E-state index in [9.17, 15) is 0 Å². The van der Waals surface area contributed by atoms with Crippen LogP contribution in [0.25, 0.3) is 0 Å². The minimum absolute atomic E-state index is 0.0518. The summed E-state index contributed by atoms with van der Waals surface area (Å²) < 4.78 is 4.97. The molecule has 0 aliphatic carbocycles. The number of rotatable bonds is 3. The summed E-state index contributed by atoms with van der Waals surface area (Å²) in [7, 11) is 1.62. The molecule has 1 atom stereocenters. The van der Waals surface area contributed by atoms with E-state index in [1.54, 1.807) is 13.3 Å². The van der Waals surface area contributed by atoms with Crippen LogP contribution >= 0.6 is 0 Å². The number of aliphatic imine (C=N–C) groups is 1. The number of hydrogen-bond acceptors (Lipinski definition) is 3. The number of methoxy groups -OCH3 is 1. The maximum Gasteiger partial charge on any atom is 0.137 e. The molecule has 0 saturated carbocycles. The third kappa shape index (κ3) is 1.81. The van der Waals surface area contributed by atoms with E-state index in [1.807, 2.05) is 19.1 Å². The summed E-state index contributed by atoms with van der Waals surface area (Å²) in [5.74, 6) is 0.759. The van der Waals surface area contributed by atoms with Gasteiger partial charge in [0.15, 0.2) is 0 Å². The average Bonchev–Trinajstić information content (AvgIpc) is 2.17. The van der Waals surface area contributed by atoms with Gasteiger partial charge >= 0.3 is 0 Å². The second kappa shape index (κ2) is 3.85. The van der Waals surface area contributed by atoms with E-state index >= 15 is 0 Å². The number of nitrogens with zero attached hydrogens (tertiary/aromatic N) is 2. The van der Waals surface area contributed by atoms with Gasteiger partial charge < -0.3 is 4.74 Å². The summed E-state index contributed by atoms with van der Waals surface area (Å²) in [5.41, 5.74) is 0.908. The van der Waals surface area contributed by atoms with E-state index in [-0.39, 0.29) is 6.04 Å². The van der Waals surface area contributed by atoms with Crippen molar-refractivity contribution in [3.05, 3.63) is 24.0 Å². The first-order valence-corrected chi connectivity index (χ1v) is 3.73. The third-order valence-corrected chi connectivity index (χ3v) is 1.70.